The number of aromatic nitrogens is 4. The lowest BCUT2D eigenvalue weighted by Gasteiger charge is -2.09. The van der Waals surface area contributed by atoms with Crippen LogP contribution in [0.2, 0.25) is 0 Å². The van der Waals surface area contributed by atoms with Crippen LogP contribution in [-0.2, 0) is 0 Å². The van der Waals surface area contributed by atoms with Gasteiger partial charge in [-0.1, -0.05) is 42.5 Å². The molecule has 0 saturated carbocycles. The van der Waals surface area contributed by atoms with Crippen molar-refractivity contribution < 1.29 is 4.42 Å². The molecule has 0 aliphatic rings. The summed E-state index contributed by atoms with van der Waals surface area (Å²) in [5, 5.41) is 2.24. The highest BCUT2D eigenvalue weighted by Gasteiger charge is 2.21. The third-order valence-corrected chi connectivity index (χ3v) is 5.31. The number of hydrogen-bond acceptors (Lipinski definition) is 4. The number of para-hydroxylation sites is 2. The highest BCUT2D eigenvalue weighted by atomic mass is 16.3. The van der Waals surface area contributed by atoms with Crippen LogP contribution in [0.25, 0.3) is 50.2 Å². The minimum absolute atomic E-state index is 0.746. The first-order valence-corrected chi connectivity index (χ1v) is 9.46. The smallest absolute Gasteiger partial charge is 0.168 e. The number of furan rings is 1. The van der Waals surface area contributed by atoms with E-state index in [1.54, 1.807) is 12.5 Å². The SMILES string of the molecule is Cc1ccc(-c2nc3cncnc3n2-c2ccccc2)c2oc3ccccc3c12. The van der Waals surface area contributed by atoms with Crippen molar-refractivity contribution in [2.24, 2.45) is 0 Å². The number of nitrogens with zero attached hydrogens (tertiary/aromatic N) is 4. The topological polar surface area (TPSA) is 56.7 Å². The number of imidazole rings is 1. The van der Waals surface area contributed by atoms with E-state index in [1.165, 1.54) is 5.56 Å². The van der Waals surface area contributed by atoms with E-state index in [0.717, 1.165) is 50.2 Å². The molecule has 0 atom stereocenters. The molecule has 3 aromatic heterocycles. The van der Waals surface area contributed by atoms with Gasteiger partial charge in [-0.25, -0.2) is 15.0 Å². The second-order valence-electron chi connectivity index (χ2n) is 7.07. The zero-order chi connectivity index (χ0) is 19.4. The van der Waals surface area contributed by atoms with Gasteiger partial charge in [-0.2, -0.15) is 0 Å². The molecule has 0 unspecified atom stereocenters. The summed E-state index contributed by atoms with van der Waals surface area (Å²) in [6.45, 7) is 2.11. The third kappa shape index (κ3) is 2.31. The van der Waals surface area contributed by atoms with E-state index in [1.807, 2.05) is 36.4 Å². The highest BCUT2D eigenvalue weighted by Crippen LogP contribution is 2.38. The van der Waals surface area contributed by atoms with E-state index in [2.05, 4.69) is 51.8 Å². The average Bonchev–Trinajstić information content (AvgIpc) is 3.34. The van der Waals surface area contributed by atoms with Gasteiger partial charge in [0.1, 0.15) is 23.0 Å². The second kappa shape index (κ2) is 6.01. The third-order valence-electron chi connectivity index (χ3n) is 5.31. The number of rotatable bonds is 2. The Morgan fingerprint density at radius 1 is 0.897 bits per heavy atom. The minimum atomic E-state index is 0.746. The van der Waals surface area contributed by atoms with Crippen molar-refractivity contribution in [2.45, 2.75) is 6.92 Å². The molecule has 0 amide bonds. The summed E-state index contributed by atoms with van der Waals surface area (Å²) in [6, 6.07) is 22.5. The van der Waals surface area contributed by atoms with Gasteiger partial charge in [0.15, 0.2) is 11.5 Å². The molecule has 3 aromatic carbocycles. The van der Waals surface area contributed by atoms with Gasteiger partial charge in [-0.15, -0.1) is 0 Å². The fourth-order valence-electron chi connectivity index (χ4n) is 4.00. The van der Waals surface area contributed by atoms with Crippen LogP contribution in [0.3, 0.4) is 0 Å². The molecule has 0 aliphatic carbocycles. The lowest BCUT2D eigenvalue weighted by atomic mass is 10.0. The fourth-order valence-corrected chi connectivity index (χ4v) is 4.00. The predicted octanol–water partition coefficient (Wildman–Crippen LogP) is 5.69. The zero-order valence-electron chi connectivity index (χ0n) is 15.7. The number of aryl methyl sites for hydroxylation is 1. The summed E-state index contributed by atoms with van der Waals surface area (Å²) in [6.07, 6.45) is 3.30. The van der Waals surface area contributed by atoms with E-state index in [9.17, 15) is 0 Å². The summed E-state index contributed by atoms with van der Waals surface area (Å²) in [5.74, 6) is 0.788. The number of benzene rings is 3. The van der Waals surface area contributed by atoms with E-state index in [0.29, 0.717) is 0 Å². The summed E-state index contributed by atoms with van der Waals surface area (Å²) in [4.78, 5) is 13.5. The van der Waals surface area contributed by atoms with E-state index in [-0.39, 0.29) is 0 Å². The van der Waals surface area contributed by atoms with Crippen LogP contribution >= 0.6 is 0 Å². The van der Waals surface area contributed by atoms with Crippen molar-refractivity contribution in [3.8, 4) is 17.1 Å². The Balaban J connectivity index is 1.76. The minimum Gasteiger partial charge on any atom is -0.455 e. The molecule has 0 spiro atoms. The lowest BCUT2D eigenvalue weighted by molar-refractivity contribution is 0.669. The lowest BCUT2D eigenvalue weighted by Crippen LogP contribution is -1.99. The summed E-state index contributed by atoms with van der Waals surface area (Å²) < 4.78 is 8.38. The molecule has 138 valence electrons. The normalized spacial score (nSPS) is 11.6. The molecule has 0 aliphatic heterocycles. The first kappa shape index (κ1) is 16.0. The molecule has 0 fully saturated rings. The Hall–Kier alpha value is -3.99. The van der Waals surface area contributed by atoms with Gasteiger partial charge in [0.05, 0.1) is 11.8 Å². The Bertz CT molecular complexity index is 1510. The van der Waals surface area contributed by atoms with Gasteiger partial charge in [0.2, 0.25) is 0 Å². The van der Waals surface area contributed by atoms with Crippen molar-refractivity contribution in [3.05, 3.63) is 84.8 Å². The Morgan fingerprint density at radius 2 is 1.72 bits per heavy atom. The van der Waals surface area contributed by atoms with Crippen LogP contribution in [0.4, 0.5) is 0 Å². The molecule has 5 heteroatoms. The van der Waals surface area contributed by atoms with Crippen molar-refractivity contribution in [1.82, 2.24) is 19.5 Å². The molecule has 0 saturated heterocycles. The summed E-state index contributed by atoms with van der Waals surface area (Å²) in [5.41, 5.74) is 6.34. The Morgan fingerprint density at radius 3 is 2.62 bits per heavy atom. The maximum absolute atomic E-state index is 6.32. The monoisotopic (exact) mass is 376 g/mol. The van der Waals surface area contributed by atoms with Crippen LogP contribution in [0, 0.1) is 6.92 Å². The quantitative estimate of drug-likeness (QED) is 0.389. The second-order valence-corrected chi connectivity index (χ2v) is 7.07. The van der Waals surface area contributed by atoms with E-state index < -0.39 is 0 Å². The van der Waals surface area contributed by atoms with E-state index in [4.69, 9.17) is 9.40 Å². The van der Waals surface area contributed by atoms with Gasteiger partial charge in [0.25, 0.3) is 0 Å². The first-order chi connectivity index (χ1) is 14.3. The average molecular weight is 376 g/mol. The van der Waals surface area contributed by atoms with Crippen molar-refractivity contribution >= 4 is 33.1 Å². The van der Waals surface area contributed by atoms with E-state index >= 15 is 0 Å². The molecular weight excluding hydrogens is 360 g/mol. The van der Waals surface area contributed by atoms with Gasteiger partial charge in [-0.05, 0) is 36.8 Å². The summed E-state index contributed by atoms with van der Waals surface area (Å²) >= 11 is 0. The zero-order valence-corrected chi connectivity index (χ0v) is 15.7. The van der Waals surface area contributed by atoms with Crippen molar-refractivity contribution in [1.29, 1.82) is 0 Å². The predicted molar refractivity (Wildman–Crippen MR) is 114 cm³/mol. The first-order valence-electron chi connectivity index (χ1n) is 9.46. The molecule has 29 heavy (non-hydrogen) atoms. The maximum Gasteiger partial charge on any atom is 0.168 e. The van der Waals surface area contributed by atoms with Crippen LogP contribution in [-0.4, -0.2) is 19.5 Å². The van der Waals surface area contributed by atoms with Crippen LogP contribution in [0.15, 0.2) is 83.7 Å². The Kier molecular flexibility index (Phi) is 3.32. The van der Waals surface area contributed by atoms with Gasteiger partial charge in [-0.3, -0.25) is 4.57 Å². The maximum atomic E-state index is 6.32. The molecule has 6 aromatic rings. The largest absolute Gasteiger partial charge is 0.455 e. The molecule has 5 nitrogen and oxygen atoms in total. The Labute approximate surface area is 166 Å². The number of hydrogen-bond donors (Lipinski definition) is 0. The van der Waals surface area contributed by atoms with Gasteiger partial charge >= 0.3 is 0 Å². The molecule has 6 rings (SSSR count). The molecule has 3 heterocycles. The number of fused-ring (bicyclic) bond motifs is 4. The van der Waals surface area contributed by atoms with Crippen molar-refractivity contribution in [2.75, 3.05) is 0 Å². The molecule has 0 N–H and O–H groups in total. The molecular formula is C24H16N4O. The molecule has 0 bridgehead atoms. The van der Waals surface area contributed by atoms with Crippen LogP contribution < -0.4 is 0 Å². The van der Waals surface area contributed by atoms with Crippen LogP contribution in [0.1, 0.15) is 5.56 Å². The fraction of sp³-hybridized carbons (Fsp3) is 0.0417. The highest BCUT2D eigenvalue weighted by molar-refractivity contribution is 6.11. The summed E-state index contributed by atoms with van der Waals surface area (Å²) in [7, 11) is 0. The van der Waals surface area contributed by atoms with Gasteiger partial charge in [0, 0.05) is 16.5 Å². The molecule has 0 radical (unpaired) electrons. The van der Waals surface area contributed by atoms with Crippen molar-refractivity contribution in [3.63, 3.8) is 0 Å². The van der Waals surface area contributed by atoms with Gasteiger partial charge < -0.3 is 4.42 Å². The standard InChI is InChI=1S/C24H16N4O/c1-15-11-12-18(22-21(15)17-9-5-6-10-20(17)29-22)23-27-19-13-25-14-26-24(19)28(23)16-7-3-2-4-8-16/h2-14H,1H3. The van der Waals surface area contributed by atoms with Crippen LogP contribution in [0.5, 0.6) is 0 Å².